The molecule has 0 saturated carbocycles. The molecule has 0 unspecified atom stereocenters. The summed E-state index contributed by atoms with van der Waals surface area (Å²) < 4.78 is 10.6. The van der Waals surface area contributed by atoms with Crippen LogP contribution in [-0.2, 0) is 17.7 Å². The summed E-state index contributed by atoms with van der Waals surface area (Å²) in [5.74, 6) is 1.31. The van der Waals surface area contributed by atoms with Crippen molar-refractivity contribution in [3.63, 3.8) is 0 Å². The van der Waals surface area contributed by atoms with Crippen LogP contribution in [0.3, 0.4) is 0 Å². The van der Waals surface area contributed by atoms with Crippen molar-refractivity contribution < 1.29 is 9.26 Å². The molecule has 0 bridgehead atoms. The molecule has 0 aliphatic carbocycles. The summed E-state index contributed by atoms with van der Waals surface area (Å²) in [7, 11) is 0. The molecule has 0 atom stereocenters. The Morgan fingerprint density at radius 2 is 2.10 bits per heavy atom. The zero-order valence-electron chi connectivity index (χ0n) is 12.1. The molecule has 2 rings (SSSR count). The van der Waals surface area contributed by atoms with Gasteiger partial charge < -0.3 is 14.6 Å². The number of ether oxygens (including phenoxy) is 1. The molecule has 0 spiro atoms. The molecule has 0 aliphatic heterocycles. The molecule has 0 radical (unpaired) electrons. The van der Waals surface area contributed by atoms with E-state index < -0.39 is 0 Å². The molecule has 2 aromatic rings. The number of hydrogen-bond acceptors (Lipinski definition) is 5. The summed E-state index contributed by atoms with van der Waals surface area (Å²) >= 11 is 0. The zero-order valence-corrected chi connectivity index (χ0v) is 12.1. The maximum atomic E-state index is 5.40. The molecule has 21 heavy (non-hydrogen) atoms. The highest BCUT2D eigenvalue weighted by atomic mass is 16.5. The first-order valence-corrected chi connectivity index (χ1v) is 7.13. The molecule has 0 aliphatic rings. The van der Waals surface area contributed by atoms with Gasteiger partial charge in [0.2, 0.25) is 5.89 Å². The van der Waals surface area contributed by atoms with E-state index in [9.17, 15) is 0 Å². The van der Waals surface area contributed by atoms with Gasteiger partial charge in [0, 0.05) is 13.0 Å². The molecule has 5 heteroatoms. The van der Waals surface area contributed by atoms with Gasteiger partial charge in [-0.25, -0.2) is 0 Å². The number of hydrogen-bond donors (Lipinski definition) is 1. The number of nitrogens with one attached hydrogen (secondary N) is 1. The van der Waals surface area contributed by atoms with E-state index in [2.05, 4.69) is 34.2 Å². The highest BCUT2D eigenvalue weighted by molar-refractivity contribution is 5.18. The van der Waals surface area contributed by atoms with Gasteiger partial charge in [0.25, 0.3) is 0 Å². The second-order valence-corrected chi connectivity index (χ2v) is 4.63. The lowest BCUT2D eigenvalue weighted by Crippen LogP contribution is -2.19. The third kappa shape index (κ3) is 5.89. The molecular formula is C16H21N3O2. The fourth-order valence-electron chi connectivity index (χ4n) is 1.82. The van der Waals surface area contributed by atoms with E-state index in [0.717, 1.165) is 13.0 Å². The fraction of sp³-hybridized carbons (Fsp3) is 0.375. The monoisotopic (exact) mass is 287 g/mol. The first kappa shape index (κ1) is 15.4. The molecule has 1 heterocycles. The predicted molar refractivity (Wildman–Crippen MR) is 80.9 cm³/mol. The van der Waals surface area contributed by atoms with Crippen LogP contribution < -0.4 is 5.32 Å². The standard InChI is InChI=1S/C16H21N3O2/c1-2-3-10-20-11-9-17-13-16-18-15(19-21-16)12-14-7-5-4-6-8-14/h2,4-8,17H,1,3,9-13H2. The Bertz CT molecular complexity index is 525. The van der Waals surface area contributed by atoms with E-state index in [1.807, 2.05) is 24.3 Å². The van der Waals surface area contributed by atoms with Crippen molar-refractivity contribution in [2.75, 3.05) is 19.8 Å². The summed E-state index contributed by atoms with van der Waals surface area (Å²) in [6.45, 7) is 6.34. The maximum Gasteiger partial charge on any atom is 0.240 e. The third-order valence-corrected chi connectivity index (χ3v) is 2.88. The van der Waals surface area contributed by atoms with Gasteiger partial charge in [-0.1, -0.05) is 41.6 Å². The molecule has 0 fully saturated rings. The topological polar surface area (TPSA) is 60.2 Å². The average Bonchev–Trinajstić information content (AvgIpc) is 2.95. The van der Waals surface area contributed by atoms with Crippen LogP contribution in [0.4, 0.5) is 0 Å². The van der Waals surface area contributed by atoms with E-state index in [0.29, 0.717) is 37.9 Å². The van der Waals surface area contributed by atoms with Crippen LogP contribution in [0.15, 0.2) is 47.5 Å². The first-order valence-electron chi connectivity index (χ1n) is 7.13. The van der Waals surface area contributed by atoms with Crippen LogP contribution in [0.5, 0.6) is 0 Å². The second-order valence-electron chi connectivity index (χ2n) is 4.63. The van der Waals surface area contributed by atoms with Gasteiger partial charge in [-0.2, -0.15) is 4.98 Å². The summed E-state index contributed by atoms with van der Waals surface area (Å²) in [6, 6.07) is 10.1. The van der Waals surface area contributed by atoms with Gasteiger partial charge >= 0.3 is 0 Å². The van der Waals surface area contributed by atoms with Gasteiger partial charge in [0.1, 0.15) is 0 Å². The van der Waals surface area contributed by atoms with Gasteiger partial charge in [-0.15, -0.1) is 6.58 Å². The minimum Gasteiger partial charge on any atom is -0.380 e. The van der Waals surface area contributed by atoms with Crippen molar-refractivity contribution in [2.45, 2.75) is 19.4 Å². The van der Waals surface area contributed by atoms with Crippen LogP contribution in [-0.4, -0.2) is 29.9 Å². The highest BCUT2D eigenvalue weighted by Crippen LogP contribution is 2.06. The van der Waals surface area contributed by atoms with Crippen molar-refractivity contribution in [3.05, 3.63) is 60.3 Å². The Morgan fingerprint density at radius 3 is 2.90 bits per heavy atom. The SMILES string of the molecule is C=CCCOCCNCc1nc(Cc2ccccc2)no1. The van der Waals surface area contributed by atoms with Crippen LogP contribution in [0.2, 0.25) is 0 Å². The summed E-state index contributed by atoms with van der Waals surface area (Å²) in [5, 5.41) is 7.19. The molecule has 1 aromatic heterocycles. The van der Waals surface area contributed by atoms with E-state index in [1.165, 1.54) is 5.56 Å². The summed E-state index contributed by atoms with van der Waals surface area (Å²) in [4.78, 5) is 4.36. The van der Waals surface area contributed by atoms with Crippen LogP contribution >= 0.6 is 0 Å². The zero-order chi connectivity index (χ0) is 14.8. The lowest BCUT2D eigenvalue weighted by molar-refractivity contribution is 0.139. The van der Waals surface area contributed by atoms with E-state index in [4.69, 9.17) is 9.26 Å². The first-order chi connectivity index (χ1) is 10.4. The van der Waals surface area contributed by atoms with Crippen LogP contribution in [0.25, 0.3) is 0 Å². The number of rotatable bonds is 10. The van der Waals surface area contributed by atoms with Crippen molar-refractivity contribution in [1.82, 2.24) is 15.5 Å². The molecule has 0 amide bonds. The van der Waals surface area contributed by atoms with Crippen molar-refractivity contribution >= 4 is 0 Å². The minimum atomic E-state index is 0.562. The van der Waals surface area contributed by atoms with Gasteiger partial charge in [0.05, 0.1) is 19.8 Å². The molecule has 112 valence electrons. The Morgan fingerprint density at radius 1 is 1.24 bits per heavy atom. The fourth-order valence-corrected chi connectivity index (χ4v) is 1.82. The molecular weight excluding hydrogens is 266 g/mol. The Labute approximate surface area is 125 Å². The predicted octanol–water partition coefficient (Wildman–Crippen LogP) is 2.34. The molecule has 1 N–H and O–H groups in total. The lowest BCUT2D eigenvalue weighted by atomic mass is 10.1. The van der Waals surface area contributed by atoms with Crippen LogP contribution in [0.1, 0.15) is 23.7 Å². The van der Waals surface area contributed by atoms with Gasteiger partial charge in [0.15, 0.2) is 5.82 Å². The minimum absolute atomic E-state index is 0.562. The quantitative estimate of drug-likeness (QED) is 0.537. The largest absolute Gasteiger partial charge is 0.380 e. The second kappa shape index (κ2) is 9.05. The van der Waals surface area contributed by atoms with Crippen molar-refractivity contribution in [3.8, 4) is 0 Å². The Kier molecular flexibility index (Phi) is 6.64. The number of aromatic nitrogens is 2. The van der Waals surface area contributed by atoms with E-state index in [1.54, 1.807) is 0 Å². The highest BCUT2D eigenvalue weighted by Gasteiger charge is 2.06. The smallest absolute Gasteiger partial charge is 0.240 e. The molecule has 5 nitrogen and oxygen atoms in total. The van der Waals surface area contributed by atoms with E-state index >= 15 is 0 Å². The normalized spacial score (nSPS) is 10.7. The van der Waals surface area contributed by atoms with Gasteiger partial charge in [-0.05, 0) is 12.0 Å². The maximum absolute atomic E-state index is 5.40. The molecule has 0 saturated heterocycles. The van der Waals surface area contributed by atoms with Crippen molar-refractivity contribution in [2.24, 2.45) is 0 Å². The van der Waals surface area contributed by atoms with E-state index in [-0.39, 0.29) is 0 Å². The Balaban J connectivity index is 1.65. The summed E-state index contributed by atoms with van der Waals surface area (Å²) in [6.07, 6.45) is 3.42. The third-order valence-electron chi connectivity index (χ3n) is 2.88. The Hall–Kier alpha value is -1.98. The average molecular weight is 287 g/mol. The van der Waals surface area contributed by atoms with Gasteiger partial charge in [-0.3, -0.25) is 0 Å². The number of benzene rings is 1. The van der Waals surface area contributed by atoms with Crippen molar-refractivity contribution in [1.29, 1.82) is 0 Å². The number of nitrogens with zero attached hydrogens (tertiary/aromatic N) is 2. The lowest BCUT2D eigenvalue weighted by Gasteiger charge is -2.02. The summed E-state index contributed by atoms with van der Waals surface area (Å²) in [5.41, 5.74) is 1.17. The molecule has 1 aromatic carbocycles. The van der Waals surface area contributed by atoms with Crippen LogP contribution in [0, 0.1) is 0 Å².